The van der Waals surface area contributed by atoms with Gasteiger partial charge >= 0.3 is 0 Å². The van der Waals surface area contributed by atoms with E-state index in [2.05, 4.69) is 6.92 Å². The molecule has 1 rings (SSSR count). The summed E-state index contributed by atoms with van der Waals surface area (Å²) in [4.78, 5) is 11.6. The maximum absolute atomic E-state index is 11.6. The molecule has 0 aliphatic carbocycles. The van der Waals surface area contributed by atoms with Crippen LogP contribution in [0.4, 0.5) is 0 Å². The van der Waals surface area contributed by atoms with Gasteiger partial charge in [-0.05, 0) is 18.6 Å². The van der Waals surface area contributed by atoms with Gasteiger partial charge in [0.25, 0.3) is 0 Å². The Morgan fingerprint density at radius 2 is 2.07 bits per heavy atom. The third kappa shape index (κ3) is 2.73. The first-order valence-electron chi connectivity index (χ1n) is 4.43. The lowest BCUT2D eigenvalue weighted by atomic mass is 10.1. The average molecular weight is 230 g/mol. The summed E-state index contributed by atoms with van der Waals surface area (Å²) in [5.41, 5.74) is 0.507. The summed E-state index contributed by atoms with van der Waals surface area (Å²) in [7, 11) is 0. The van der Waals surface area contributed by atoms with Gasteiger partial charge in [-0.15, -0.1) is 0 Å². The Hall–Kier alpha value is -0.530. The number of unbranched alkanes of at least 4 members (excludes halogenated alkanes) is 1. The third-order valence-corrected chi connectivity index (χ3v) is 2.72. The van der Waals surface area contributed by atoms with Crippen LogP contribution in [-0.4, -0.2) is 5.78 Å². The van der Waals surface area contributed by atoms with E-state index in [4.69, 9.17) is 23.2 Å². The normalized spacial score (nSPS) is 10.2. The molecule has 0 atom stereocenters. The molecular weight excluding hydrogens is 219 g/mol. The standard InChI is InChI=1S/C11H11Cl2O/c1-2-3-7-10(14)8-5-4-6-9(12)11(8)13/h4-6H,1-3,7H2. The zero-order valence-corrected chi connectivity index (χ0v) is 9.24. The average Bonchev–Trinajstić information content (AvgIpc) is 2.18. The van der Waals surface area contributed by atoms with Crippen LogP contribution in [0.25, 0.3) is 0 Å². The molecule has 0 saturated carbocycles. The molecule has 0 aliphatic rings. The third-order valence-electron chi connectivity index (χ3n) is 1.91. The fourth-order valence-electron chi connectivity index (χ4n) is 1.14. The molecule has 1 aromatic rings. The Balaban J connectivity index is 2.84. The molecule has 0 amide bonds. The lowest BCUT2D eigenvalue weighted by Gasteiger charge is -2.03. The van der Waals surface area contributed by atoms with Gasteiger partial charge in [0, 0.05) is 12.0 Å². The van der Waals surface area contributed by atoms with E-state index < -0.39 is 0 Å². The SMILES string of the molecule is [CH2]CCCC(=O)c1cccc(Cl)c1Cl. The van der Waals surface area contributed by atoms with Crippen LogP contribution in [0.3, 0.4) is 0 Å². The van der Waals surface area contributed by atoms with Gasteiger partial charge in [0.2, 0.25) is 0 Å². The highest BCUT2D eigenvalue weighted by atomic mass is 35.5. The lowest BCUT2D eigenvalue weighted by molar-refractivity contribution is 0.0980. The van der Waals surface area contributed by atoms with E-state index in [1.807, 2.05) is 0 Å². The zero-order valence-electron chi connectivity index (χ0n) is 7.72. The monoisotopic (exact) mass is 229 g/mol. The van der Waals surface area contributed by atoms with Gasteiger partial charge in [0.15, 0.2) is 5.78 Å². The van der Waals surface area contributed by atoms with Crippen molar-refractivity contribution < 1.29 is 4.79 Å². The minimum Gasteiger partial charge on any atom is -0.294 e. The van der Waals surface area contributed by atoms with Crippen molar-refractivity contribution in [2.24, 2.45) is 0 Å². The first-order valence-corrected chi connectivity index (χ1v) is 5.19. The van der Waals surface area contributed by atoms with Gasteiger partial charge in [-0.2, -0.15) is 0 Å². The second kappa shape index (κ2) is 5.38. The van der Waals surface area contributed by atoms with E-state index in [-0.39, 0.29) is 5.78 Å². The molecule has 0 unspecified atom stereocenters. The summed E-state index contributed by atoms with van der Waals surface area (Å²) in [6, 6.07) is 5.09. The zero-order chi connectivity index (χ0) is 10.6. The lowest BCUT2D eigenvalue weighted by Crippen LogP contribution is -1.99. The van der Waals surface area contributed by atoms with Crippen molar-refractivity contribution in [3.05, 3.63) is 40.7 Å². The molecule has 0 aromatic heterocycles. The quantitative estimate of drug-likeness (QED) is 0.709. The fourth-order valence-corrected chi connectivity index (χ4v) is 1.55. The summed E-state index contributed by atoms with van der Waals surface area (Å²) in [5, 5.41) is 0.773. The first-order chi connectivity index (χ1) is 6.66. The Morgan fingerprint density at radius 3 is 2.71 bits per heavy atom. The molecule has 1 nitrogen and oxygen atoms in total. The summed E-state index contributed by atoms with van der Waals surface area (Å²) in [5.74, 6) is 0.0288. The molecule has 0 N–H and O–H groups in total. The topological polar surface area (TPSA) is 17.1 Å². The van der Waals surface area contributed by atoms with Gasteiger partial charge in [-0.25, -0.2) is 0 Å². The van der Waals surface area contributed by atoms with Gasteiger partial charge in [0.05, 0.1) is 10.0 Å². The van der Waals surface area contributed by atoms with Crippen molar-refractivity contribution in [2.45, 2.75) is 19.3 Å². The van der Waals surface area contributed by atoms with Gasteiger partial charge in [-0.1, -0.05) is 42.6 Å². The summed E-state index contributed by atoms with van der Waals surface area (Å²) >= 11 is 11.7. The van der Waals surface area contributed by atoms with E-state index in [0.717, 1.165) is 12.8 Å². The Labute approximate surface area is 94.0 Å². The van der Waals surface area contributed by atoms with Crippen molar-refractivity contribution in [1.29, 1.82) is 0 Å². The second-order valence-corrected chi connectivity index (χ2v) is 3.77. The van der Waals surface area contributed by atoms with Gasteiger partial charge in [0.1, 0.15) is 0 Å². The number of benzene rings is 1. The molecule has 0 fully saturated rings. The van der Waals surface area contributed by atoms with Crippen molar-refractivity contribution in [1.82, 2.24) is 0 Å². The van der Waals surface area contributed by atoms with Crippen LogP contribution >= 0.6 is 23.2 Å². The highest BCUT2D eigenvalue weighted by molar-refractivity contribution is 6.43. The van der Waals surface area contributed by atoms with E-state index in [1.54, 1.807) is 18.2 Å². The highest BCUT2D eigenvalue weighted by Crippen LogP contribution is 2.26. The van der Waals surface area contributed by atoms with Crippen LogP contribution < -0.4 is 0 Å². The Morgan fingerprint density at radius 1 is 1.36 bits per heavy atom. The minimum absolute atomic E-state index is 0.0288. The van der Waals surface area contributed by atoms with Crippen molar-refractivity contribution in [3.63, 3.8) is 0 Å². The summed E-state index contributed by atoms with van der Waals surface area (Å²) in [6.07, 6.45) is 2.01. The van der Waals surface area contributed by atoms with Crippen LogP contribution in [0.5, 0.6) is 0 Å². The molecule has 1 aromatic carbocycles. The molecule has 1 radical (unpaired) electrons. The van der Waals surface area contributed by atoms with Crippen LogP contribution in [0.1, 0.15) is 29.6 Å². The summed E-state index contributed by atoms with van der Waals surface area (Å²) < 4.78 is 0. The van der Waals surface area contributed by atoms with Crippen LogP contribution in [0.15, 0.2) is 18.2 Å². The smallest absolute Gasteiger partial charge is 0.164 e. The van der Waals surface area contributed by atoms with E-state index in [1.165, 1.54) is 0 Å². The number of hydrogen-bond donors (Lipinski definition) is 0. The molecular formula is C11H11Cl2O. The maximum Gasteiger partial charge on any atom is 0.164 e. The largest absolute Gasteiger partial charge is 0.294 e. The molecule has 0 heterocycles. The number of carbonyl (C=O) groups excluding carboxylic acids is 1. The first kappa shape index (κ1) is 11.5. The second-order valence-electron chi connectivity index (χ2n) is 2.98. The predicted octanol–water partition coefficient (Wildman–Crippen LogP) is 4.18. The van der Waals surface area contributed by atoms with E-state index in [0.29, 0.717) is 22.0 Å². The van der Waals surface area contributed by atoms with Crippen molar-refractivity contribution >= 4 is 29.0 Å². The summed E-state index contributed by atoms with van der Waals surface area (Å²) in [6.45, 7) is 3.68. The van der Waals surface area contributed by atoms with Crippen LogP contribution in [-0.2, 0) is 0 Å². The highest BCUT2D eigenvalue weighted by Gasteiger charge is 2.11. The van der Waals surface area contributed by atoms with Crippen molar-refractivity contribution in [3.8, 4) is 0 Å². The molecule has 0 bridgehead atoms. The number of Topliss-reactive ketones (excluding diaryl/α,β-unsaturated/α-hetero) is 1. The number of ketones is 1. The minimum atomic E-state index is 0.0288. The van der Waals surface area contributed by atoms with Crippen LogP contribution in [0, 0.1) is 6.92 Å². The Kier molecular flexibility index (Phi) is 4.43. The van der Waals surface area contributed by atoms with Crippen molar-refractivity contribution in [2.75, 3.05) is 0 Å². The molecule has 0 spiro atoms. The van der Waals surface area contributed by atoms with Gasteiger partial charge < -0.3 is 0 Å². The molecule has 75 valence electrons. The van der Waals surface area contributed by atoms with Gasteiger partial charge in [-0.3, -0.25) is 4.79 Å². The van der Waals surface area contributed by atoms with Crippen LogP contribution in [0.2, 0.25) is 10.0 Å². The fraction of sp³-hybridized carbons (Fsp3) is 0.273. The molecule has 14 heavy (non-hydrogen) atoms. The molecule has 0 aliphatic heterocycles. The predicted molar refractivity (Wildman–Crippen MR) is 60.0 cm³/mol. The Bertz CT molecular complexity index is 334. The van der Waals surface area contributed by atoms with E-state index in [9.17, 15) is 4.79 Å². The number of carbonyl (C=O) groups is 1. The maximum atomic E-state index is 11.6. The number of rotatable bonds is 4. The molecule has 3 heteroatoms. The molecule has 0 saturated heterocycles. The van der Waals surface area contributed by atoms with E-state index >= 15 is 0 Å². The number of halogens is 2. The number of hydrogen-bond acceptors (Lipinski definition) is 1.